The topological polar surface area (TPSA) is 23.1 Å². The Labute approximate surface area is 66.4 Å². The Bertz CT molecular complexity index is 111. The normalized spacial score (nSPS) is 33.6. The Balaban J connectivity index is 2.16. The van der Waals surface area contributed by atoms with Crippen molar-refractivity contribution in [2.24, 2.45) is 11.3 Å². The van der Waals surface area contributed by atoms with Crippen LogP contribution in [-0.2, 0) is 11.2 Å². The van der Waals surface area contributed by atoms with Gasteiger partial charge >= 0.3 is 0 Å². The van der Waals surface area contributed by atoms with Gasteiger partial charge in [-0.25, -0.2) is 0 Å². The van der Waals surface area contributed by atoms with E-state index in [-0.39, 0.29) is 0 Å². The second-order valence-corrected chi connectivity index (χ2v) is 5.95. The molecule has 0 aromatic rings. The van der Waals surface area contributed by atoms with Gasteiger partial charge in [0.25, 0.3) is 0 Å². The highest BCUT2D eigenvalue weighted by atomic mass is 32.2. The SMILES string of the molecule is CC(C)(C)C[C@H]1C[S@@+]([O-])C1. The smallest absolute Gasteiger partial charge is 0.112 e. The van der Waals surface area contributed by atoms with Crippen molar-refractivity contribution in [1.82, 2.24) is 0 Å². The largest absolute Gasteiger partial charge is 0.616 e. The van der Waals surface area contributed by atoms with Crippen LogP contribution in [0.4, 0.5) is 0 Å². The van der Waals surface area contributed by atoms with Gasteiger partial charge in [-0.05, 0) is 11.8 Å². The fourth-order valence-corrected chi connectivity index (χ4v) is 2.65. The van der Waals surface area contributed by atoms with Gasteiger partial charge in [-0.3, -0.25) is 0 Å². The van der Waals surface area contributed by atoms with Crippen molar-refractivity contribution in [1.29, 1.82) is 0 Å². The zero-order chi connectivity index (χ0) is 7.78. The number of hydrogen-bond acceptors (Lipinski definition) is 1. The molecule has 1 heterocycles. The van der Waals surface area contributed by atoms with E-state index in [1.54, 1.807) is 0 Å². The van der Waals surface area contributed by atoms with Crippen molar-refractivity contribution in [3.63, 3.8) is 0 Å². The molecule has 0 aromatic heterocycles. The first-order valence-corrected chi connectivity index (χ1v) is 5.31. The fraction of sp³-hybridized carbons (Fsp3) is 1.00. The van der Waals surface area contributed by atoms with Crippen LogP contribution >= 0.6 is 0 Å². The molecule has 0 saturated carbocycles. The molecule has 1 fully saturated rings. The third-order valence-electron chi connectivity index (χ3n) is 1.74. The molecular weight excluding hydrogens is 144 g/mol. The maximum atomic E-state index is 10.7. The second-order valence-electron chi connectivity index (χ2n) is 4.40. The van der Waals surface area contributed by atoms with Crippen molar-refractivity contribution >= 4 is 11.2 Å². The van der Waals surface area contributed by atoms with Crippen LogP contribution in [-0.4, -0.2) is 16.1 Å². The highest BCUT2D eigenvalue weighted by Crippen LogP contribution is 2.31. The van der Waals surface area contributed by atoms with Crippen LogP contribution in [0.25, 0.3) is 0 Å². The molecule has 1 rings (SSSR count). The summed E-state index contributed by atoms with van der Waals surface area (Å²) in [4.78, 5) is 0. The van der Waals surface area contributed by atoms with Crippen molar-refractivity contribution < 1.29 is 4.55 Å². The van der Waals surface area contributed by atoms with E-state index >= 15 is 0 Å². The molecule has 0 aromatic carbocycles. The zero-order valence-corrected chi connectivity index (χ0v) is 7.83. The maximum absolute atomic E-state index is 10.7. The molecule has 60 valence electrons. The summed E-state index contributed by atoms with van der Waals surface area (Å²) in [7, 11) is 0. The lowest BCUT2D eigenvalue weighted by Crippen LogP contribution is -2.38. The lowest BCUT2D eigenvalue weighted by Gasteiger charge is -2.33. The minimum absolute atomic E-state index is 0.426. The van der Waals surface area contributed by atoms with Crippen molar-refractivity contribution in [2.45, 2.75) is 27.2 Å². The third-order valence-corrected chi connectivity index (χ3v) is 3.43. The average molecular weight is 160 g/mol. The van der Waals surface area contributed by atoms with Gasteiger partial charge in [0.2, 0.25) is 0 Å². The molecule has 0 unspecified atom stereocenters. The van der Waals surface area contributed by atoms with E-state index in [0.717, 1.165) is 17.4 Å². The van der Waals surface area contributed by atoms with Crippen LogP contribution in [0, 0.1) is 11.3 Å². The second kappa shape index (κ2) is 2.74. The van der Waals surface area contributed by atoms with Crippen LogP contribution in [0.1, 0.15) is 27.2 Å². The highest BCUT2D eigenvalue weighted by molar-refractivity contribution is 7.92. The molecule has 0 aliphatic carbocycles. The highest BCUT2D eigenvalue weighted by Gasteiger charge is 2.34. The average Bonchev–Trinajstić information content (AvgIpc) is 1.57. The van der Waals surface area contributed by atoms with Gasteiger partial charge in [-0.15, -0.1) is 0 Å². The Morgan fingerprint density at radius 1 is 1.40 bits per heavy atom. The fourth-order valence-electron chi connectivity index (χ4n) is 1.46. The summed E-state index contributed by atoms with van der Waals surface area (Å²) in [6.07, 6.45) is 1.23. The molecule has 2 heteroatoms. The molecule has 0 amide bonds. The minimum Gasteiger partial charge on any atom is -0.616 e. The van der Waals surface area contributed by atoms with Gasteiger partial charge in [-0.2, -0.15) is 0 Å². The van der Waals surface area contributed by atoms with E-state index in [0.29, 0.717) is 5.41 Å². The summed E-state index contributed by atoms with van der Waals surface area (Å²) < 4.78 is 10.7. The predicted molar refractivity (Wildman–Crippen MR) is 45.4 cm³/mol. The quantitative estimate of drug-likeness (QED) is 0.536. The summed E-state index contributed by atoms with van der Waals surface area (Å²) in [6.45, 7) is 6.73. The molecule has 1 nitrogen and oxygen atoms in total. The molecule has 1 saturated heterocycles. The Morgan fingerprint density at radius 2 is 1.90 bits per heavy atom. The molecule has 10 heavy (non-hydrogen) atoms. The van der Waals surface area contributed by atoms with Crippen LogP contribution < -0.4 is 0 Å². The monoisotopic (exact) mass is 160 g/mol. The van der Waals surface area contributed by atoms with Crippen LogP contribution in [0.15, 0.2) is 0 Å². The first-order chi connectivity index (χ1) is 4.47. The van der Waals surface area contributed by atoms with Gasteiger partial charge in [0, 0.05) is 5.92 Å². The molecule has 0 bridgehead atoms. The van der Waals surface area contributed by atoms with Crippen LogP contribution in [0.5, 0.6) is 0 Å². The minimum atomic E-state index is -0.457. The molecule has 0 N–H and O–H groups in total. The molecule has 1 aliphatic heterocycles. The summed E-state index contributed by atoms with van der Waals surface area (Å²) >= 11 is -0.457. The van der Waals surface area contributed by atoms with Crippen molar-refractivity contribution in [3.8, 4) is 0 Å². The van der Waals surface area contributed by atoms with Gasteiger partial charge in [0.1, 0.15) is 11.5 Å². The van der Waals surface area contributed by atoms with E-state index in [2.05, 4.69) is 20.8 Å². The Morgan fingerprint density at radius 3 is 2.20 bits per heavy atom. The lowest BCUT2D eigenvalue weighted by atomic mass is 9.86. The summed E-state index contributed by atoms with van der Waals surface area (Å²) in [5.41, 5.74) is 0.426. The first kappa shape index (κ1) is 8.41. The molecule has 0 atom stereocenters. The van der Waals surface area contributed by atoms with E-state index in [1.807, 2.05) is 0 Å². The molecule has 1 aliphatic rings. The van der Waals surface area contributed by atoms with Gasteiger partial charge in [-0.1, -0.05) is 31.9 Å². The maximum Gasteiger partial charge on any atom is 0.112 e. The predicted octanol–water partition coefficient (Wildman–Crippen LogP) is 1.80. The first-order valence-electron chi connectivity index (χ1n) is 3.82. The van der Waals surface area contributed by atoms with Crippen molar-refractivity contribution in [2.75, 3.05) is 11.5 Å². The Kier molecular flexibility index (Phi) is 2.31. The van der Waals surface area contributed by atoms with E-state index in [4.69, 9.17) is 0 Å². The summed E-state index contributed by atoms with van der Waals surface area (Å²) in [6, 6.07) is 0. The standard InChI is InChI=1S/C8H16OS/c1-8(2,3)4-7-5-10(9)6-7/h7H,4-6H2,1-3H3/t7-,10+. The zero-order valence-electron chi connectivity index (χ0n) is 7.02. The lowest BCUT2D eigenvalue weighted by molar-refractivity contribution is 0.310. The van der Waals surface area contributed by atoms with Crippen LogP contribution in [0.3, 0.4) is 0 Å². The van der Waals surface area contributed by atoms with Crippen molar-refractivity contribution in [3.05, 3.63) is 0 Å². The third kappa shape index (κ3) is 2.51. The number of rotatable bonds is 1. The van der Waals surface area contributed by atoms with E-state index in [1.165, 1.54) is 6.42 Å². The molecular formula is C8H16OS. The molecule has 0 radical (unpaired) electrons. The Hall–Kier alpha value is 0.310. The van der Waals surface area contributed by atoms with Crippen LogP contribution in [0.2, 0.25) is 0 Å². The summed E-state index contributed by atoms with van der Waals surface area (Å²) in [5, 5.41) is 0. The van der Waals surface area contributed by atoms with Gasteiger partial charge < -0.3 is 4.55 Å². The van der Waals surface area contributed by atoms with E-state index in [9.17, 15) is 4.55 Å². The molecule has 0 spiro atoms. The summed E-state index contributed by atoms with van der Waals surface area (Å²) in [5.74, 6) is 2.66. The van der Waals surface area contributed by atoms with E-state index < -0.39 is 11.2 Å². The van der Waals surface area contributed by atoms with Gasteiger partial charge in [0.15, 0.2) is 0 Å². The number of hydrogen-bond donors (Lipinski definition) is 0. The van der Waals surface area contributed by atoms with Gasteiger partial charge in [0.05, 0.1) is 0 Å².